The molecule has 0 amide bonds. The minimum Gasteiger partial charge on any atom is -0.493 e. The van der Waals surface area contributed by atoms with Gasteiger partial charge in [-0.05, 0) is 80.5 Å². The third kappa shape index (κ3) is 4.95. The van der Waals surface area contributed by atoms with Crippen LogP contribution in [-0.2, 0) is 16.0 Å². The first kappa shape index (κ1) is 25.7. The molecule has 0 saturated carbocycles. The van der Waals surface area contributed by atoms with Crippen LogP contribution in [0.25, 0.3) is 22.2 Å². The van der Waals surface area contributed by atoms with E-state index in [-0.39, 0.29) is 5.97 Å². The Kier molecular flexibility index (Phi) is 7.34. The summed E-state index contributed by atoms with van der Waals surface area (Å²) in [6.07, 6.45) is 3.00. The molecule has 2 heterocycles. The van der Waals surface area contributed by atoms with Gasteiger partial charge in [0.25, 0.3) is 0 Å². The van der Waals surface area contributed by atoms with Crippen molar-refractivity contribution < 1.29 is 19.0 Å². The number of carbonyl (C=O) groups excluding carboxylic acids is 1. The summed E-state index contributed by atoms with van der Waals surface area (Å²) >= 11 is 0. The molecule has 0 atom stereocenters. The Hall–Kier alpha value is -3.41. The predicted octanol–water partition coefficient (Wildman–Crippen LogP) is 6.45. The largest absolute Gasteiger partial charge is 0.493 e. The van der Waals surface area contributed by atoms with Gasteiger partial charge in [0.15, 0.2) is 11.5 Å². The standard InChI is InChI=1S/C30H38N2O4/c1-8-24-25-17-22(21-13-15-32(16-14-21)19(2)30(4,5)36-20(3)33)9-11-26(25)31-29(24)23-10-12-27(34-6)28(18-23)35-7/h9-12,17-18,21,31H,2,8,13-16H2,1,3-7H3. The first-order valence-electron chi connectivity index (χ1n) is 12.7. The number of ether oxygens (including phenoxy) is 3. The number of H-pyrrole nitrogens is 1. The average Bonchev–Trinajstić information content (AvgIpc) is 3.25. The van der Waals surface area contributed by atoms with Crippen LogP contribution in [0, 0.1) is 0 Å². The van der Waals surface area contributed by atoms with Crippen molar-refractivity contribution in [2.45, 2.75) is 58.5 Å². The van der Waals surface area contributed by atoms with Crippen molar-refractivity contribution in [2.75, 3.05) is 27.3 Å². The first-order chi connectivity index (χ1) is 17.2. The Bertz CT molecular complexity index is 1270. The van der Waals surface area contributed by atoms with E-state index < -0.39 is 5.60 Å². The summed E-state index contributed by atoms with van der Waals surface area (Å²) < 4.78 is 16.5. The van der Waals surface area contributed by atoms with E-state index in [1.165, 1.54) is 23.4 Å². The second-order valence-corrected chi connectivity index (χ2v) is 10.0. The van der Waals surface area contributed by atoms with E-state index in [1.807, 2.05) is 26.0 Å². The lowest BCUT2D eigenvalue weighted by Gasteiger charge is -2.40. The minimum absolute atomic E-state index is 0.282. The van der Waals surface area contributed by atoms with Gasteiger partial charge in [0.05, 0.1) is 14.2 Å². The fourth-order valence-corrected chi connectivity index (χ4v) is 5.41. The molecule has 192 valence electrons. The number of esters is 1. The summed E-state index contributed by atoms with van der Waals surface area (Å²) in [6, 6.07) is 12.9. The number of nitrogens with one attached hydrogen (secondary N) is 1. The Morgan fingerprint density at radius 1 is 1.08 bits per heavy atom. The maximum atomic E-state index is 11.5. The van der Waals surface area contributed by atoms with E-state index >= 15 is 0 Å². The number of piperidine rings is 1. The van der Waals surface area contributed by atoms with Gasteiger partial charge in [-0.15, -0.1) is 0 Å². The number of likely N-dealkylation sites (tertiary alicyclic amines) is 1. The molecule has 2 aromatic carbocycles. The second kappa shape index (κ2) is 10.3. The van der Waals surface area contributed by atoms with Gasteiger partial charge in [0, 0.05) is 47.9 Å². The lowest BCUT2D eigenvalue weighted by Crippen LogP contribution is -2.42. The van der Waals surface area contributed by atoms with E-state index in [1.54, 1.807) is 14.2 Å². The summed E-state index contributed by atoms with van der Waals surface area (Å²) in [5.41, 5.74) is 6.22. The average molecular weight is 491 g/mol. The smallest absolute Gasteiger partial charge is 0.303 e. The van der Waals surface area contributed by atoms with Gasteiger partial charge in [0.2, 0.25) is 0 Å². The molecule has 4 rings (SSSR count). The predicted molar refractivity (Wildman–Crippen MR) is 145 cm³/mol. The van der Waals surface area contributed by atoms with Gasteiger partial charge in [-0.2, -0.15) is 0 Å². The Balaban J connectivity index is 1.56. The highest BCUT2D eigenvalue weighted by Crippen LogP contribution is 2.38. The minimum atomic E-state index is -0.695. The van der Waals surface area contributed by atoms with Gasteiger partial charge in [0.1, 0.15) is 5.60 Å². The number of nitrogens with zero attached hydrogens (tertiary/aromatic N) is 1. The molecule has 0 spiro atoms. The van der Waals surface area contributed by atoms with Crippen LogP contribution in [0.1, 0.15) is 57.6 Å². The highest BCUT2D eigenvalue weighted by atomic mass is 16.6. The molecule has 1 saturated heterocycles. The molecule has 1 fully saturated rings. The van der Waals surface area contributed by atoms with Gasteiger partial charge >= 0.3 is 5.97 Å². The van der Waals surface area contributed by atoms with Crippen LogP contribution in [-0.4, -0.2) is 48.8 Å². The van der Waals surface area contributed by atoms with Crippen molar-refractivity contribution in [1.29, 1.82) is 0 Å². The molecular weight excluding hydrogens is 452 g/mol. The molecule has 1 aliphatic rings. The zero-order valence-corrected chi connectivity index (χ0v) is 22.4. The van der Waals surface area contributed by atoms with Crippen molar-refractivity contribution in [1.82, 2.24) is 9.88 Å². The van der Waals surface area contributed by atoms with Crippen molar-refractivity contribution >= 4 is 16.9 Å². The summed E-state index contributed by atoms with van der Waals surface area (Å²) in [4.78, 5) is 17.4. The van der Waals surface area contributed by atoms with Gasteiger partial charge in [-0.3, -0.25) is 4.79 Å². The second-order valence-electron chi connectivity index (χ2n) is 10.0. The van der Waals surface area contributed by atoms with E-state index in [4.69, 9.17) is 14.2 Å². The molecule has 6 heteroatoms. The zero-order chi connectivity index (χ0) is 26.0. The molecular formula is C30H38N2O4. The number of methoxy groups -OCH3 is 2. The molecule has 1 aliphatic heterocycles. The van der Waals surface area contributed by atoms with Crippen LogP contribution >= 0.6 is 0 Å². The highest BCUT2D eigenvalue weighted by molar-refractivity contribution is 5.91. The highest BCUT2D eigenvalue weighted by Gasteiger charge is 2.32. The summed E-state index contributed by atoms with van der Waals surface area (Å²) in [5, 5.41) is 1.28. The number of aromatic amines is 1. The number of hydrogen-bond acceptors (Lipinski definition) is 5. The van der Waals surface area contributed by atoms with Crippen LogP contribution in [0.2, 0.25) is 0 Å². The van der Waals surface area contributed by atoms with Gasteiger partial charge in [-0.25, -0.2) is 0 Å². The van der Waals surface area contributed by atoms with Crippen LogP contribution in [0.15, 0.2) is 48.7 Å². The number of fused-ring (bicyclic) bond motifs is 1. The van der Waals surface area contributed by atoms with Gasteiger partial charge in [-0.1, -0.05) is 19.6 Å². The molecule has 0 radical (unpaired) electrons. The molecule has 36 heavy (non-hydrogen) atoms. The SMILES string of the molecule is C=C(N1CCC(c2ccc3[nH]c(-c4ccc(OC)c(OC)c4)c(CC)c3c2)CC1)C(C)(C)OC(C)=O. The third-order valence-corrected chi connectivity index (χ3v) is 7.40. The zero-order valence-electron chi connectivity index (χ0n) is 22.4. The number of benzene rings is 2. The monoisotopic (exact) mass is 490 g/mol. The molecule has 0 unspecified atom stereocenters. The number of aryl methyl sites for hydroxylation is 1. The molecule has 3 aromatic rings. The van der Waals surface area contributed by atoms with Crippen molar-refractivity contribution in [2.24, 2.45) is 0 Å². The van der Waals surface area contributed by atoms with E-state index in [0.29, 0.717) is 5.92 Å². The lowest BCUT2D eigenvalue weighted by atomic mass is 9.87. The van der Waals surface area contributed by atoms with Crippen LogP contribution < -0.4 is 9.47 Å². The first-order valence-corrected chi connectivity index (χ1v) is 12.7. The number of aromatic nitrogens is 1. The Morgan fingerprint density at radius 3 is 2.39 bits per heavy atom. The number of carbonyl (C=O) groups is 1. The van der Waals surface area contributed by atoms with E-state index in [9.17, 15) is 4.79 Å². The topological polar surface area (TPSA) is 63.8 Å². The summed E-state index contributed by atoms with van der Waals surface area (Å²) in [6.45, 7) is 13.5. The van der Waals surface area contributed by atoms with Gasteiger partial charge < -0.3 is 24.1 Å². The van der Waals surface area contributed by atoms with Crippen molar-refractivity contribution in [3.63, 3.8) is 0 Å². The fraction of sp³-hybridized carbons (Fsp3) is 0.433. The van der Waals surface area contributed by atoms with E-state index in [0.717, 1.165) is 66.3 Å². The summed E-state index contributed by atoms with van der Waals surface area (Å²) in [5.74, 6) is 1.65. The Labute approximate surface area is 214 Å². The fourth-order valence-electron chi connectivity index (χ4n) is 5.41. The molecule has 1 aromatic heterocycles. The molecule has 1 N–H and O–H groups in total. The number of rotatable bonds is 8. The normalized spacial score (nSPS) is 14.7. The molecule has 6 nitrogen and oxygen atoms in total. The Morgan fingerprint density at radius 2 is 1.78 bits per heavy atom. The maximum Gasteiger partial charge on any atom is 0.303 e. The lowest BCUT2D eigenvalue weighted by molar-refractivity contribution is -0.151. The quantitative estimate of drug-likeness (QED) is 0.368. The molecule has 0 aliphatic carbocycles. The third-order valence-electron chi connectivity index (χ3n) is 7.40. The van der Waals surface area contributed by atoms with Crippen LogP contribution in [0.3, 0.4) is 0 Å². The van der Waals surface area contributed by atoms with Crippen molar-refractivity contribution in [3.05, 3.63) is 59.8 Å². The van der Waals surface area contributed by atoms with E-state index in [2.05, 4.69) is 47.7 Å². The number of hydrogen-bond donors (Lipinski definition) is 1. The van der Waals surface area contributed by atoms with Crippen LogP contribution in [0.5, 0.6) is 11.5 Å². The maximum absolute atomic E-state index is 11.5. The molecule has 0 bridgehead atoms. The summed E-state index contributed by atoms with van der Waals surface area (Å²) in [7, 11) is 3.32. The van der Waals surface area contributed by atoms with Crippen LogP contribution in [0.4, 0.5) is 0 Å². The van der Waals surface area contributed by atoms with Crippen molar-refractivity contribution in [3.8, 4) is 22.8 Å².